The molecule has 12 heteroatoms. The fraction of sp³-hybridized carbons (Fsp3) is 0.415. The van der Waals surface area contributed by atoms with E-state index in [2.05, 4.69) is 27.7 Å². The van der Waals surface area contributed by atoms with Crippen LogP contribution in [0.25, 0.3) is 21.9 Å². The van der Waals surface area contributed by atoms with Gasteiger partial charge in [0.15, 0.2) is 0 Å². The first-order valence-corrected chi connectivity index (χ1v) is 18.8. The zero-order valence-corrected chi connectivity index (χ0v) is 30.9. The van der Waals surface area contributed by atoms with Gasteiger partial charge in [-0.2, -0.15) is 0 Å². The van der Waals surface area contributed by atoms with Crippen LogP contribution >= 0.6 is 11.6 Å². The fourth-order valence-corrected chi connectivity index (χ4v) is 8.38. The van der Waals surface area contributed by atoms with E-state index < -0.39 is 11.9 Å². The van der Waals surface area contributed by atoms with Crippen LogP contribution in [0.3, 0.4) is 0 Å². The van der Waals surface area contributed by atoms with E-state index in [0.29, 0.717) is 58.3 Å². The standard InChI is InChI=1S/C41H45ClFN5O5/c1-46-23-34(32-22-29(43)5-8-31(32)41(46)52)28-20-35(42)33(37(21-28)53-2)19-25-11-15-47(16-12-25)24-39(50)48-17-13-27(14-18-48)26-3-6-30(7-4-26)44-36-9-10-38(49)45-40(36)51/h3-8,20-23,25,27,36,44H,9-19,24H2,1-2H3,(H,45,49,51). The number of aryl methyl sites for hydroxylation is 1. The first kappa shape index (κ1) is 36.6. The molecule has 4 aromatic rings. The van der Waals surface area contributed by atoms with E-state index in [1.54, 1.807) is 20.4 Å². The summed E-state index contributed by atoms with van der Waals surface area (Å²) in [5.74, 6) is 0.671. The number of fused-ring (bicyclic) bond motifs is 1. The highest BCUT2D eigenvalue weighted by atomic mass is 35.5. The van der Waals surface area contributed by atoms with E-state index in [4.69, 9.17) is 16.3 Å². The molecular weight excluding hydrogens is 697 g/mol. The van der Waals surface area contributed by atoms with E-state index in [9.17, 15) is 23.6 Å². The lowest BCUT2D eigenvalue weighted by Gasteiger charge is -2.36. The molecule has 3 fully saturated rings. The molecule has 1 atom stereocenters. The van der Waals surface area contributed by atoms with Crippen LogP contribution in [0.1, 0.15) is 55.6 Å². The Morgan fingerprint density at radius 2 is 1.68 bits per heavy atom. The molecule has 0 radical (unpaired) electrons. The van der Waals surface area contributed by atoms with Gasteiger partial charge in [-0.05, 0) is 122 Å². The first-order chi connectivity index (χ1) is 25.6. The highest BCUT2D eigenvalue weighted by Crippen LogP contribution is 2.38. The molecule has 4 heterocycles. The number of anilines is 1. The van der Waals surface area contributed by atoms with Crippen LogP contribution < -0.4 is 20.9 Å². The van der Waals surface area contributed by atoms with E-state index in [1.165, 1.54) is 28.3 Å². The molecule has 3 aliphatic heterocycles. The maximum atomic E-state index is 14.3. The van der Waals surface area contributed by atoms with Gasteiger partial charge in [-0.3, -0.25) is 29.4 Å². The quantitative estimate of drug-likeness (QED) is 0.206. The number of halogens is 2. The van der Waals surface area contributed by atoms with Crippen molar-refractivity contribution in [1.29, 1.82) is 0 Å². The number of rotatable bonds is 9. The molecule has 2 N–H and O–H groups in total. The Bertz CT molecular complexity index is 2090. The van der Waals surface area contributed by atoms with Gasteiger partial charge in [0.2, 0.25) is 17.7 Å². The molecule has 278 valence electrons. The molecule has 1 unspecified atom stereocenters. The smallest absolute Gasteiger partial charge is 0.258 e. The maximum absolute atomic E-state index is 14.3. The Morgan fingerprint density at radius 1 is 0.943 bits per heavy atom. The topological polar surface area (TPSA) is 113 Å². The average Bonchev–Trinajstić information content (AvgIpc) is 3.16. The normalized spacial score (nSPS) is 19.0. The summed E-state index contributed by atoms with van der Waals surface area (Å²) in [6.45, 7) is 3.55. The monoisotopic (exact) mass is 741 g/mol. The number of benzene rings is 3. The van der Waals surface area contributed by atoms with Gasteiger partial charge >= 0.3 is 0 Å². The van der Waals surface area contributed by atoms with Crippen LogP contribution in [0, 0.1) is 11.7 Å². The maximum Gasteiger partial charge on any atom is 0.258 e. The molecule has 3 aliphatic rings. The summed E-state index contributed by atoms with van der Waals surface area (Å²) in [4.78, 5) is 53.8. The van der Waals surface area contributed by atoms with Gasteiger partial charge in [-0.25, -0.2) is 4.39 Å². The minimum absolute atomic E-state index is 0.178. The number of imide groups is 1. The second-order valence-corrected chi connectivity index (χ2v) is 15.0. The Labute approximate surface area is 313 Å². The lowest BCUT2D eigenvalue weighted by atomic mass is 9.88. The minimum Gasteiger partial charge on any atom is -0.496 e. The van der Waals surface area contributed by atoms with Crippen molar-refractivity contribution in [1.82, 2.24) is 19.7 Å². The van der Waals surface area contributed by atoms with Crippen LogP contribution in [-0.4, -0.2) is 78.0 Å². The number of amides is 3. The Hall–Kier alpha value is -4.74. The van der Waals surface area contributed by atoms with Gasteiger partial charge in [-0.15, -0.1) is 0 Å². The van der Waals surface area contributed by atoms with Crippen molar-refractivity contribution < 1.29 is 23.5 Å². The summed E-state index contributed by atoms with van der Waals surface area (Å²) >= 11 is 6.91. The summed E-state index contributed by atoms with van der Waals surface area (Å²) in [6, 6.07) is 15.7. The summed E-state index contributed by atoms with van der Waals surface area (Å²) in [7, 11) is 3.30. The Kier molecular flexibility index (Phi) is 10.8. The van der Waals surface area contributed by atoms with Crippen molar-refractivity contribution in [2.45, 2.75) is 56.9 Å². The number of methoxy groups -OCH3 is 1. The number of likely N-dealkylation sites (tertiary alicyclic amines) is 2. The summed E-state index contributed by atoms with van der Waals surface area (Å²) in [6.07, 6.45) is 6.97. The molecule has 3 amide bonds. The minimum atomic E-state index is -0.415. The third-order valence-electron chi connectivity index (χ3n) is 11.2. The first-order valence-electron chi connectivity index (χ1n) is 18.4. The van der Waals surface area contributed by atoms with Gasteiger partial charge in [0.1, 0.15) is 17.6 Å². The zero-order chi connectivity index (χ0) is 37.2. The van der Waals surface area contributed by atoms with Gasteiger partial charge in [0.05, 0.1) is 13.7 Å². The lowest BCUT2D eigenvalue weighted by molar-refractivity contribution is -0.134. The average molecular weight is 742 g/mol. The van der Waals surface area contributed by atoms with Gasteiger partial charge < -0.3 is 19.5 Å². The number of hydrogen-bond acceptors (Lipinski definition) is 7. The predicted molar refractivity (Wildman–Crippen MR) is 204 cm³/mol. The fourth-order valence-electron chi connectivity index (χ4n) is 8.09. The SMILES string of the molecule is COc1cc(-c2cn(C)c(=O)c3ccc(F)cc23)cc(Cl)c1CC1CCN(CC(=O)N2CCC(c3ccc(NC4CCC(=O)NC4=O)cc3)CC2)CC1. The number of carbonyl (C=O) groups is 3. The third-order valence-corrected chi connectivity index (χ3v) is 11.5. The molecule has 3 saturated heterocycles. The molecule has 10 nitrogen and oxygen atoms in total. The van der Waals surface area contributed by atoms with Crippen molar-refractivity contribution in [2.75, 3.05) is 45.2 Å². The van der Waals surface area contributed by atoms with Crippen molar-refractivity contribution in [2.24, 2.45) is 13.0 Å². The van der Waals surface area contributed by atoms with Crippen LogP contribution in [0.4, 0.5) is 10.1 Å². The zero-order valence-electron chi connectivity index (χ0n) is 30.1. The number of nitrogens with zero attached hydrogens (tertiary/aromatic N) is 3. The second-order valence-electron chi connectivity index (χ2n) is 14.6. The molecule has 0 spiro atoms. The summed E-state index contributed by atoms with van der Waals surface area (Å²) in [5.41, 5.74) is 4.26. The third kappa shape index (κ3) is 8.11. The number of nitrogens with one attached hydrogen (secondary N) is 2. The molecule has 0 saturated carbocycles. The highest BCUT2D eigenvalue weighted by molar-refractivity contribution is 6.32. The highest BCUT2D eigenvalue weighted by Gasteiger charge is 2.29. The molecule has 0 bridgehead atoms. The number of ether oxygens (including phenoxy) is 1. The van der Waals surface area contributed by atoms with Crippen molar-refractivity contribution in [3.63, 3.8) is 0 Å². The lowest BCUT2D eigenvalue weighted by Crippen LogP contribution is -2.47. The van der Waals surface area contributed by atoms with Gasteiger partial charge in [0, 0.05) is 60.0 Å². The van der Waals surface area contributed by atoms with Crippen molar-refractivity contribution in [3.8, 4) is 16.9 Å². The number of carbonyl (C=O) groups excluding carboxylic acids is 3. The molecule has 3 aromatic carbocycles. The largest absolute Gasteiger partial charge is 0.496 e. The molecule has 0 aliphatic carbocycles. The van der Waals surface area contributed by atoms with Crippen LogP contribution in [0.5, 0.6) is 5.75 Å². The van der Waals surface area contributed by atoms with Crippen molar-refractivity contribution >= 4 is 45.8 Å². The van der Waals surface area contributed by atoms with Gasteiger partial charge in [0.25, 0.3) is 5.56 Å². The predicted octanol–water partition coefficient (Wildman–Crippen LogP) is 5.88. The number of piperidine rings is 3. The van der Waals surface area contributed by atoms with Crippen LogP contribution in [0.15, 0.2) is 65.6 Å². The molecular formula is C41H45ClFN5O5. The second kappa shape index (κ2) is 15.7. The van der Waals surface area contributed by atoms with Gasteiger partial charge in [-0.1, -0.05) is 23.7 Å². The molecule has 53 heavy (non-hydrogen) atoms. The summed E-state index contributed by atoms with van der Waals surface area (Å²) < 4.78 is 21.6. The summed E-state index contributed by atoms with van der Waals surface area (Å²) in [5, 5.41) is 7.14. The Morgan fingerprint density at radius 3 is 2.38 bits per heavy atom. The van der Waals surface area contributed by atoms with Crippen molar-refractivity contribution in [3.05, 3.63) is 93.1 Å². The molecule has 1 aromatic heterocycles. The van der Waals surface area contributed by atoms with Crippen LogP contribution in [-0.2, 0) is 27.9 Å². The van der Waals surface area contributed by atoms with Crippen LogP contribution in [0.2, 0.25) is 5.02 Å². The van der Waals surface area contributed by atoms with E-state index >= 15 is 0 Å². The number of hydrogen-bond donors (Lipinski definition) is 2. The van der Waals surface area contributed by atoms with E-state index in [0.717, 1.165) is 75.1 Å². The van der Waals surface area contributed by atoms with E-state index in [1.807, 2.05) is 29.2 Å². The number of pyridine rings is 1. The number of aromatic nitrogens is 1. The molecule has 7 rings (SSSR count). The van der Waals surface area contributed by atoms with E-state index in [-0.39, 0.29) is 23.3 Å². The Balaban J connectivity index is 0.900.